The molecule has 206 valence electrons. The van der Waals surface area contributed by atoms with Crippen molar-refractivity contribution >= 4 is 29.1 Å². The summed E-state index contributed by atoms with van der Waals surface area (Å²) in [7, 11) is 0. The monoisotopic (exact) mass is 549 g/mol. The fourth-order valence-electron chi connectivity index (χ4n) is 4.57. The van der Waals surface area contributed by atoms with E-state index in [4.69, 9.17) is 14.9 Å². The first-order valence-electron chi connectivity index (χ1n) is 12.0. The standard InChI is InChI=1S/C24H23F2N5O.C2HF3O2/c1-15-27-11-10-22(28-15)31-12-2-3-19-20(31)8-9-21(30-19)24(13-17(26)14-24)23(32)29-18-6-4-16(25)5-7-18;3-2(4,5)1(6)7/h4-11,17H,2-3,12-14H2,1H3,(H,29,32);(H,6,7). The second-order valence-corrected chi connectivity index (χ2v) is 9.28. The molecule has 0 unspecified atom stereocenters. The van der Waals surface area contributed by atoms with E-state index in [9.17, 15) is 26.7 Å². The summed E-state index contributed by atoms with van der Waals surface area (Å²) in [5.41, 5.74) is 1.88. The molecule has 2 N–H and O–H groups in total. The number of hydrogen-bond acceptors (Lipinski definition) is 6. The van der Waals surface area contributed by atoms with E-state index in [0.717, 1.165) is 42.4 Å². The molecule has 39 heavy (non-hydrogen) atoms. The van der Waals surface area contributed by atoms with Gasteiger partial charge in [0.1, 0.15) is 18.0 Å². The second-order valence-electron chi connectivity index (χ2n) is 9.28. The third kappa shape index (κ3) is 6.13. The van der Waals surface area contributed by atoms with Gasteiger partial charge >= 0.3 is 6.18 Å². The number of anilines is 3. The van der Waals surface area contributed by atoms with Crippen LogP contribution in [0.3, 0.4) is 0 Å². The van der Waals surface area contributed by atoms with Crippen LogP contribution in [0, 0.1) is 12.7 Å². The largest absolute Gasteiger partial charge is 0.542 e. The fraction of sp³-hybridized carbons (Fsp3) is 0.346. The second kappa shape index (κ2) is 10.9. The van der Waals surface area contributed by atoms with Crippen LogP contribution >= 0.6 is 0 Å². The summed E-state index contributed by atoms with van der Waals surface area (Å²) in [5, 5.41) is 11.6. The van der Waals surface area contributed by atoms with E-state index < -0.39 is 23.7 Å². The first kappa shape index (κ1) is 27.9. The zero-order valence-electron chi connectivity index (χ0n) is 20.7. The average Bonchev–Trinajstić information content (AvgIpc) is 2.87. The van der Waals surface area contributed by atoms with E-state index in [1.807, 2.05) is 31.3 Å². The highest BCUT2D eigenvalue weighted by Crippen LogP contribution is 2.47. The summed E-state index contributed by atoms with van der Waals surface area (Å²) in [4.78, 5) is 36.6. The van der Waals surface area contributed by atoms with Crippen molar-refractivity contribution in [3.63, 3.8) is 0 Å². The number of halogens is 5. The molecule has 0 saturated heterocycles. The van der Waals surface area contributed by atoms with Crippen molar-refractivity contribution in [2.45, 2.75) is 50.4 Å². The number of nitrogens with zero attached hydrogens (tertiary/aromatic N) is 3. The number of rotatable bonds is 4. The smallest absolute Gasteiger partial charge is 0.430 e. The predicted octanol–water partition coefficient (Wildman–Crippen LogP) is 3.13. The van der Waals surface area contributed by atoms with Crippen LogP contribution in [0.15, 0.2) is 48.7 Å². The molecule has 1 saturated carbocycles. The third-order valence-corrected chi connectivity index (χ3v) is 6.52. The lowest BCUT2D eigenvalue weighted by Gasteiger charge is -2.42. The summed E-state index contributed by atoms with van der Waals surface area (Å²) in [6.45, 7) is 2.73. The highest BCUT2D eigenvalue weighted by Gasteiger charge is 2.53. The fourth-order valence-corrected chi connectivity index (χ4v) is 4.57. The van der Waals surface area contributed by atoms with Crippen molar-refractivity contribution in [2.24, 2.45) is 0 Å². The summed E-state index contributed by atoms with van der Waals surface area (Å²) in [6, 6.07) is 11.3. The van der Waals surface area contributed by atoms with Gasteiger partial charge in [0.15, 0.2) is 0 Å². The Bertz CT molecular complexity index is 1360. The Hall–Kier alpha value is -4.16. The maximum absolute atomic E-state index is 14.0. The van der Waals surface area contributed by atoms with E-state index in [1.165, 1.54) is 24.3 Å². The third-order valence-electron chi connectivity index (χ3n) is 6.52. The lowest BCUT2D eigenvalue weighted by molar-refractivity contribution is -0.392. The molecular weight excluding hydrogens is 525 g/mol. The predicted molar refractivity (Wildman–Crippen MR) is 127 cm³/mol. The van der Waals surface area contributed by atoms with Crippen molar-refractivity contribution < 1.29 is 41.6 Å². The number of fused-ring (bicyclic) bond motifs is 1. The van der Waals surface area contributed by atoms with Crippen LogP contribution in [0.25, 0.3) is 0 Å². The molecule has 0 radical (unpaired) electrons. The van der Waals surface area contributed by atoms with Gasteiger partial charge in [0.2, 0.25) is 5.91 Å². The molecular formula is C26H24F5N5O3. The van der Waals surface area contributed by atoms with Gasteiger partial charge in [0, 0.05) is 25.2 Å². The van der Waals surface area contributed by atoms with Crippen molar-refractivity contribution in [2.75, 3.05) is 16.8 Å². The SMILES string of the molecule is Cc1nc(N2CCCc3nc(C4(C(=O)Nc5ccc(F)cc5)CC(F)C4)ccc32)cc[nH+]1.O=C([O-])C(F)(F)F. The number of aliphatic carboxylic acids is 1. The molecule has 8 nitrogen and oxygen atoms in total. The number of aryl methyl sites for hydroxylation is 2. The number of hydrogen-bond donors (Lipinski definition) is 1. The summed E-state index contributed by atoms with van der Waals surface area (Å²) in [6.07, 6.45) is -2.51. The van der Waals surface area contributed by atoms with E-state index >= 15 is 0 Å². The number of carboxylic acids is 1. The van der Waals surface area contributed by atoms with Crippen LogP contribution in [0.5, 0.6) is 0 Å². The van der Waals surface area contributed by atoms with E-state index in [2.05, 4.69) is 20.2 Å². The highest BCUT2D eigenvalue weighted by atomic mass is 19.4. The topological polar surface area (TPSA) is 112 Å². The molecule has 1 aliphatic carbocycles. The van der Waals surface area contributed by atoms with Gasteiger partial charge in [0.25, 0.3) is 11.6 Å². The van der Waals surface area contributed by atoms with Crippen molar-refractivity contribution in [1.29, 1.82) is 0 Å². The van der Waals surface area contributed by atoms with Crippen LogP contribution in [0.1, 0.15) is 36.5 Å². The Kier molecular flexibility index (Phi) is 7.79. The molecule has 1 fully saturated rings. The number of carbonyl (C=O) groups is 2. The number of aromatic amines is 1. The maximum atomic E-state index is 14.0. The van der Waals surface area contributed by atoms with Crippen LogP contribution in [0.2, 0.25) is 0 Å². The summed E-state index contributed by atoms with van der Waals surface area (Å²) >= 11 is 0. The quantitative estimate of drug-likeness (QED) is 0.501. The van der Waals surface area contributed by atoms with E-state index in [0.29, 0.717) is 11.4 Å². The minimum absolute atomic E-state index is 0.0881. The van der Waals surface area contributed by atoms with Gasteiger partial charge in [-0.2, -0.15) is 13.2 Å². The maximum Gasteiger partial charge on any atom is 0.430 e. The normalized spacial score (nSPS) is 20.2. The first-order chi connectivity index (χ1) is 18.4. The lowest BCUT2D eigenvalue weighted by Crippen LogP contribution is -2.52. The summed E-state index contributed by atoms with van der Waals surface area (Å²) in [5.74, 6) is -2.04. The number of carboxylic acid groups (broad SMARTS) is 1. The number of aromatic nitrogens is 3. The van der Waals surface area contributed by atoms with Crippen LogP contribution in [-0.4, -0.2) is 40.7 Å². The number of nitrogens with one attached hydrogen (secondary N) is 2. The van der Waals surface area contributed by atoms with Crippen LogP contribution in [0.4, 0.5) is 39.1 Å². The van der Waals surface area contributed by atoms with Gasteiger partial charge in [-0.1, -0.05) is 0 Å². The number of pyridine rings is 1. The van der Waals surface area contributed by atoms with Gasteiger partial charge < -0.3 is 20.1 Å². The van der Waals surface area contributed by atoms with Gasteiger partial charge in [-0.25, -0.2) is 13.8 Å². The molecule has 1 aliphatic heterocycles. The van der Waals surface area contributed by atoms with Gasteiger partial charge in [-0.05, 0) is 67.1 Å². The van der Waals surface area contributed by atoms with Gasteiger partial charge in [0.05, 0.1) is 28.7 Å². The number of H-pyrrole nitrogens is 1. The molecule has 3 aromatic rings. The van der Waals surface area contributed by atoms with Gasteiger partial charge in [-0.15, -0.1) is 0 Å². The lowest BCUT2D eigenvalue weighted by atomic mass is 9.64. The molecule has 1 amide bonds. The van der Waals surface area contributed by atoms with Crippen LogP contribution < -0.4 is 20.3 Å². The zero-order valence-corrected chi connectivity index (χ0v) is 20.7. The Morgan fingerprint density at radius 2 is 1.77 bits per heavy atom. The average molecular weight is 550 g/mol. The van der Waals surface area contributed by atoms with E-state index in [-0.39, 0.29) is 24.6 Å². The number of amides is 1. The molecule has 2 aromatic heterocycles. The molecule has 5 rings (SSSR count). The Balaban J connectivity index is 0.000000448. The molecule has 2 aliphatic rings. The minimum Gasteiger partial charge on any atom is -0.542 e. The first-order valence-corrected chi connectivity index (χ1v) is 12.0. The number of carbonyl (C=O) groups excluding carboxylic acids is 2. The molecule has 0 bridgehead atoms. The van der Waals surface area contributed by atoms with Crippen molar-refractivity contribution in [3.05, 3.63) is 71.7 Å². The number of alkyl halides is 4. The van der Waals surface area contributed by atoms with Gasteiger partial charge in [-0.3, -0.25) is 9.78 Å². The zero-order chi connectivity index (χ0) is 28.4. The van der Waals surface area contributed by atoms with Crippen LogP contribution in [-0.2, 0) is 21.4 Å². The molecule has 1 aromatic carbocycles. The number of benzene rings is 1. The molecule has 13 heteroatoms. The minimum atomic E-state index is -5.19. The van der Waals surface area contributed by atoms with E-state index in [1.54, 1.807) is 0 Å². The Morgan fingerprint density at radius 1 is 1.10 bits per heavy atom. The molecule has 3 heterocycles. The molecule has 0 spiro atoms. The Morgan fingerprint density at radius 3 is 2.36 bits per heavy atom. The summed E-state index contributed by atoms with van der Waals surface area (Å²) < 4.78 is 58.8. The van der Waals surface area contributed by atoms with Crippen molar-refractivity contribution in [3.8, 4) is 0 Å². The molecule has 0 atom stereocenters. The highest BCUT2D eigenvalue weighted by molar-refractivity contribution is 6.00. The Labute approximate surface area is 219 Å². The van der Waals surface area contributed by atoms with Crippen molar-refractivity contribution in [1.82, 2.24) is 9.97 Å².